The molecule has 0 spiro atoms. The number of allylic oxidation sites excluding steroid dienone is 2. The van der Waals surface area contributed by atoms with Gasteiger partial charge in [-0.05, 0) is 53.0 Å². The second-order valence-corrected chi connectivity index (χ2v) is 8.95. The molecule has 164 valence electrons. The molecule has 1 rings (SSSR count). The Hall–Kier alpha value is -1.56. The Morgan fingerprint density at radius 2 is 1.69 bits per heavy atom. The fraction of sp³-hybridized carbons (Fsp3) is 0.571. The largest absolute Gasteiger partial charge is 0.455 e. The van der Waals surface area contributed by atoms with Crippen molar-refractivity contribution < 1.29 is 31.9 Å². The van der Waals surface area contributed by atoms with E-state index >= 15 is 8.78 Å². The van der Waals surface area contributed by atoms with E-state index in [1.54, 1.807) is 43.3 Å². The van der Waals surface area contributed by atoms with Crippen molar-refractivity contribution in [2.75, 3.05) is 13.2 Å². The summed E-state index contributed by atoms with van der Waals surface area (Å²) in [4.78, 5) is 12.6. The van der Waals surface area contributed by atoms with Crippen LogP contribution in [0.4, 0.5) is 8.78 Å². The van der Waals surface area contributed by atoms with E-state index in [1.807, 2.05) is 13.8 Å². The van der Waals surface area contributed by atoms with E-state index < -0.39 is 31.3 Å². The Labute approximate surface area is 172 Å². The highest BCUT2D eigenvalue weighted by molar-refractivity contribution is 7.55. The molecule has 0 fully saturated rings. The van der Waals surface area contributed by atoms with Gasteiger partial charge in [0.2, 0.25) is 0 Å². The number of alkyl halides is 2. The van der Waals surface area contributed by atoms with Gasteiger partial charge in [0.05, 0.1) is 19.1 Å². The quantitative estimate of drug-likeness (QED) is 0.220. The van der Waals surface area contributed by atoms with Gasteiger partial charge in [-0.25, -0.2) is 0 Å². The maximum Gasteiger partial charge on any atom is 0.403 e. The molecule has 0 aliphatic rings. The summed E-state index contributed by atoms with van der Waals surface area (Å²) in [6, 6.07) is 8.72. The van der Waals surface area contributed by atoms with Gasteiger partial charge in [0, 0.05) is 0 Å². The van der Waals surface area contributed by atoms with Gasteiger partial charge in [-0.2, -0.15) is 8.78 Å². The van der Waals surface area contributed by atoms with Gasteiger partial charge in [0.25, 0.3) is 0 Å². The molecule has 0 amide bonds. The van der Waals surface area contributed by atoms with E-state index in [1.165, 1.54) is 13.8 Å². The monoisotopic (exact) mass is 432 g/mol. The van der Waals surface area contributed by atoms with Crippen molar-refractivity contribution in [3.05, 3.63) is 47.5 Å². The first-order valence-corrected chi connectivity index (χ1v) is 11.3. The maximum atomic E-state index is 15.3. The minimum absolute atomic E-state index is 0.213. The zero-order chi connectivity index (χ0) is 22.1. The summed E-state index contributed by atoms with van der Waals surface area (Å²) in [6.07, 6.45) is -0.173. The van der Waals surface area contributed by atoms with E-state index in [0.717, 1.165) is 5.57 Å². The first-order chi connectivity index (χ1) is 13.6. The Balaban J connectivity index is 3.15. The molecule has 1 aromatic carbocycles. The molecule has 5 nitrogen and oxygen atoms in total. The molecular weight excluding hydrogens is 401 g/mol. The number of hydrogen-bond acceptors (Lipinski definition) is 5. The van der Waals surface area contributed by atoms with Gasteiger partial charge in [0.1, 0.15) is 0 Å². The van der Waals surface area contributed by atoms with Crippen molar-refractivity contribution in [2.24, 2.45) is 0 Å². The lowest BCUT2D eigenvalue weighted by atomic mass is 10.0. The van der Waals surface area contributed by atoms with Crippen molar-refractivity contribution in [2.45, 2.75) is 65.1 Å². The number of esters is 1. The van der Waals surface area contributed by atoms with Gasteiger partial charge < -0.3 is 13.8 Å². The van der Waals surface area contributed by atoms with E-state index in [2.05, 4.69) is 0 Å². The average molecular weight is 432 g/mol. The number of halogens is 2. The van der Waals surface area contributed by atoms with Crippen LogP contribution in [0.15, 0.2) is 42.0 Å². The SMILES string of the molecule is CCOP(=O)(OCC)C(F)(F)[C@@H](CCC=C(C)C)OC(=O)[C@@H](C)c1ccccc1. The van der Waals surface area contributed by atoms with Crippen molar-refractivity contribution >= 4 is 13.6 Å². The molecule has 0 unspecified atom stereocenters. The van der Waals surface area contributed by atoms with Gasteiger partial charge in [-0.1, -0.05) is 42.0 Å². The van der Waals surface area contributed by atoms with Crippen LogP contribution in [-0.2, 0) is 23.1 Å². The minimum atomic E-state index is -4.83. The molecule has 0 saturated heterocycles. The number of ether oxygens (including phenoxy) is 1. The molecule has 0 aliphatic heterocycles. The van der Waals surface area contributed by atoms with Crippen LogP contribution in [0.3, 0.4) is 0 Å². The Morgan fingerprint density at radius 1 is 1.14 bits per heavy atom. The molecule has 0 heterocycles. The van der Waals surface area contributed by atoms with Crippen LogP contribution in [0.25, 0.3) is 0 Å². The predicted octanol–water partition coefficient (Wildman–Crippen LogP) is 6.31. The fourth-order valence-corrected chi connectivity index (χ4v) is 4.31. The fourth-order valence-electron chi connectivity index (χ4n) is 2.67. The summed E-state index contributed by atoms with van der Waals surface area (Å²) in [5, 5.41) is 0. The lowest BCUT2D eigenvalue weighted by Gasteiger charge is -2.32. The predicted molar refractivity (Wildman–Crippen MR) is 109 cm³/mol. The third-order valence-electron chi connectivity index (χ3n) is 4.24. The highest BCUT2D eigenvalue weighted by Crippen LogP contribution is 2.64. The van der Waals surface area contributed by atoms with Crippen LogP contribution >= 0.6 is 7.60 Å². The molecule has 0 saturated carbocycles. The summed E-state index contributed by atoms with van der Waals surface area (Å²) in [6.45, 7) is 7.70. The summed E-state index contributed by atoms with van der Waals surface area (Å²) in [7, 11) is -4.83. The van der Waals surface area contributed by atoms with Crippen molar-refractivity contribution in [1.29, 1.82) is 0 Å². The zero-order valence-electron chi connectivity index (χ0n) is 17.7. The van der Waals surface area contributed by atoms with Crippen LogP contribution < -0.4 is 0 Å². The molecule has 29 heavy (non-hydrogen) atoms. The van der Waals surface area contributed by atoms with Gasteiger partial charge >= 0.3 is 19.2 Å². The highest BCUT2D eigenvalue weighted by atomic mass is 31.2. The maximum absolute atomic E-state index is 15.3. The molecule has 0 radical (unpaired) electrons. The summed E-state index contributed by atoms with van der Waals surface area (Å²) in [5.41, 5.74) is -2.41. The second kappa shape index (κ2) is 11.6. The van der Waals surface area contributed by atoms with Crippen LogP contribution in [0.5, 0.6) is 0 Å². The first kappa shape index (κ1) is 25.5. The zero-order valence-corrected chi connectivity index (χ0v) is 18.6. The minimum Gasteiger partial charge on any atom is -0.455 e. The lowest BCUT2D eigenvalue weighted by molar-refractivity contribution is -0.165. The van der Waals surface area contributed by atoms with Gasteiger partial charge in [-0.15, -0.1) is 0 Å². The lowest BCUT2D eigenvalue weighted by Crippen LogP contribution is -2.39. The summed E-state index contributed by atoms with van der Waals surface area (Å²) in [5.74, 6) is -1.57. The molecule has 1 aromatic rings. The number of benzene rings is 1. The van der Waals surface area contributed by atoms with Crippen LogP contribution in [0.1, 0.15) is 58.9 Å². The molecular formula is C21H31F2O5P. The third kappa shape index (κ3) is 7.02. The Bertz CT molecular complexity index is 707. The summed E-state index contributed by atoms with van der Waals surface area (Å²) < 4.78 is 58.2. The van der Waals surface area contributed by atoms with Gasteiger partial charge in [0.15, 0.2) is 6.10 Å². The molecule has 2 atom stereocenters. The Morgan fingerprint density at radius 3 is 2.17 bits per heavy atom. The standard InChI is InChI=1S/C21H31F2O5P/c1-6-26-29(25,27-7-2)21(22,23)19(15-11-12-16(3)4)28-20(24)17(5)18-13-9-8-10-14-18/h8-10,12-14,17,19H,6-7,11,15H2,1-5H3/t17-,19+/m0/s1. The van der Waals surface area contributed by atoms with E-state index in [9.17, 15) is 9.36 Å². The molecule has 0 aromatic heterocycles. The first-order valence-electron chi connectivity index (χ1n) is 9.74. The van der Waals surface area contributed by atoms with Crippen molar-refractivity contribution in [1.82, 2.24) is 0 Å². The van der Waals surface area contributed by atoms with E-state index in [4.69, 9.17) is 13.8 Å². The van der Waals surface area contributed by atoms with E-state index in [0.29, 0.717) is 5.56 Å². The number of carbonyl (C=O) groups excluding carboxylic acids is 1. The molecule has 0 N–H and O–H groups in total. The topological polar surface area (TPSA) is 61.8 Å². The summed E-state index contributed by atoms with van der Waals surface area (Å²) >= 11 is 0. The van der Waals surface area contributed by atoms with Crippen molar-refractivity contribution in [3.63, 3.8) is 0 Å². The molecule has 0 bridgehead atoms. The number of rotatable bonds is 12. The third-order valence-corrected chi connectivity index (χ3v) is 6.46. The smallest absolute Gasteiger partial charge is 0.403 e. The Kier molecular flexibility index (Phi) is 10.2. The molecule has 0 aliphatic carbocycles. The van der Waals surface area contributed by atoms with Crippen molar-refractivity contribution in [3.8, 4) is 0 Å². The number of hydrogen-bond donors (Lipinski definition) is 0. The van der Waals surface area contributed by atoms with E-state index in [-0.39, 0.29) is 26.1 Å². The average Bonchev–Trinajstić information content (AvgIpc) is 2.67. The number of carbonyl (C=O) groups is 1. The second-order valence-electron chi connectivity index (χ2n) is 6.84. The van der Waals surface area contributed by atoms with Crippen LogP contribution in [0, 0.1) is 0 Å². The van der Waals surface area contributed by atoms with Gasteiger partial charge in [-0.3, -0.25) is 9.36 Å². The molecule has 8 heteroatoms. The van der Waals surface area contributed by atoms with Crippen LogP contribution in [0.2, 0.25) is 0 Å². The highest BCUT2D eigenvalue weighted by Gasteiger charge is 2.60. The normalized spacial score (nSPS) is 14.2. The van der Waals surface area contributed by atoms with Crippen LogP contribution in [-0.4, -0.2) is 31.0 Å².